The molecule has 1 heterocycles. The molecular formula is C22H23F2N3O4S. The summed E-state index contributed by atoms with van der Waals surface area (Å²) in [4.78, 5) is 5.18. The van der Waals surface area contributed by atoms with Crippen molar-refractivity contribution in [1.82, 2.24) is 4.68 Å². The van der Waals surface area contributed by atoms with Crippen LogP contribution in [0.1, 0.15) is 12.5 Å². The Morgan fingerprint density at radius 1 is 1.03 bits per heavy atom. The van der Waals surface area contributed by atoms with Crippen LogP contribution >= 0.6 is 11.3 Å². The lowest BCUT2D eigenvalue weighted by molar-refractivity contribution is -0.0498. The van der Waals surface area contributed by atoms with Crippen LogP contribution in [0.4, 0.5) is 8.78 Å². The van der Waals surface area contributed by atoms with Gasteiger partial charge in [0.1, 0.15) is 5.75 Å². The van der Waals surface area contributed by atoms with E-state index in [-0.39, 0.29) is 5.75 Å². The van der Waals surface area contributed by atoms with Gasteiger partial charge in [-0.1, -0.05) is 0 Å². The van der Waals surface area contributed by atoms with Crippen molar-refractivity contribution >= 4 is 17.6 Å². The fourth-order valence-corrected chi connectivity index (χ4v) is 3.86. The highest BCUT2D eigenvalue weighted by atomic mass is 32.1. The van der Waals surface area contributed by atoms with Crippen molar-refractivity contribution in [3.63, 3.8) is 0 Å². The molecule has 7 nitrogen and oxygen atoms in total. The maximum atomic E-state index is 12.4. The highest BCUT2D eigenvalue weighted by Crippen LogP contribution is 2.37. The molecule has 0 atom stereocenters. The SMILES string of the molecule is CCN=c1scc(-c2ccc(OC(F)F)cc2)n1/N=C\c1cc(OC)c(OC)c(OC)c1. The molecule has 32 heavy (non-hydrogen) atoms. The predicted molar refractivity (Wildman–Crippen MR) is 120 cm³/mol. The second kappa shape index (κ2) is 10.8. The first-order valence-corrected chi connectivity index (χ1v) is 10.5. The minimum Gasteiger partial charge on any atom is -0.493 e. The molecule has 3 aromatic rings. The van der Waals surface area contributed by atoms with Crippen LogP contribution in [-0.4, -0.2) is 45.4 Å². The number of alkyl halides is 2. The standard InChI is InChI=1S/C22H23F2N3O4S/c1-5-25-22-27(17(13-32-22)15-6-8-16(9-7-15)31-21(23)24)26-12-14-10-18(28-2)20(30-4)19(11-14)29-3/h6-13,21H,5H2,1-4H3/b25-22?,26-12-. The summed E-state index contributed by atoms with van der Waals surface area (Å²) < 4.78 is 47.1. The van der Waals surface area contributed by atoms with E-state index < -0.39 is 6.61 Å². The van der Waals surface area contributed by atoms with Crippen LogP contribution in [0, 0.1) is 0 Å². The van der Waals surface area contributed by atoms with E-state index in [1.807, 2.05) is 12.3 Å². The minimum absolute atomic E-state index is 0.0879. The number of halogens is 2. The van der Waals surface area contributed by atoms with E-state index in [1.54, 1.807) is 49.4 Å². The molecule has 0 aliphatic heterocycles. The molecule has 0 fully saturated rings. The Balaban J connectivity index is 2.02. The number of hydrogen-bond donors (Lipinski definition) is 0. The summed E-state index contributed by atoms with van der Waals surface area (Å²) >= 11 is 1.43. The third kappa shape index (κ3) is 5.25. The quantitative estimate of drug-likeness (QED) is 0.434. The molecule has 3 rings (SSSR count). The van der Waals surface area contributed by atoms with E-state index in [1.165, 1.54) is 30.6 Å². The second-order valence-electron chi connectivity index (χ2n) is 6.30. The fourth-order valence-electron chi connectivity index (χ4n) is 2.96. The van der Waals surface area contributed by atoms with Crippen molar-refractivity contribution in [3.05, 3.63) is 52.1 Å². The van der Waals surface area contributed by atoms with Crippen molar-refractivity contribution < 1.29 is 27.7 Å². The molecule has 0 spiro atoms. The number of hydrogen-bond acceptors (Lipinski definition) is 7. The number of rotatable bonds is 9. The number of nitrogens with zero attached hydrogens (tertiary/aromatic N) is 3. The van der Waals surface area contributed by atoms with E-state index in [0.29, 0.717) is 28.6 Å². The summed E-state index contributed by atoms with van der Waals surface area (Å²) in [6, 6.07) is 9.93. The Morgan fingerprint density at radius 2 is 1.69 bits per heavy atom. The highest BCUT2D eigenvalue weighted by molar-refractivity contribution is 7.07. The lowest BCUT2D eigenvalue weighted by atomic mass is 10.2. The van der Waals surface area contributed by atoms with Crippen molar-refractivity contribution in [2.24, 2.45) is 10.1 Å². The zero-order chi connectivity index (χ0) is 23.1. The van der Waals surface area contributed by atoms with Crippen LogP contribution in [0.15, 0.2) is 51.9 Å². The van der Waals surface area contributed by atoms with Gasteiger partial charge in [-0.25, -0.2) is 4.68 Å². The lowest BCUT2D eigenvalue weighted by Gasteiger charge is -2.12. The van der Waals surface area contributed by atoms with Crippen LogP contribution in [0.3, 0.4) is 0 Å². The molecule has 0 aliphatic carbocycles. The molecule has 1 aromatic heterocycles. The summed E-state index contributed by atoms with van der Waals surface area (Å²) in [6.07, 6.45) is 1.66. The predicted octanol–water partition coefficient (Wildman–Crippen LogP) is 4.65. The smallest absolute Gasteiger partial charge is 0.387 e. The van der Waals surface area contributed by atoms with Crippen LogP contribution in [0.2, 0.25) is 0 Å². The summed E-state index contributed by atoms with van der Waals surface area (Å²) in [7, 11) is 4.63. The molecule has 0 bridgehead atoms. The third-order valence-corrected chi connectivity index (χ3v) is 5.22. The average molecular weight is 464 g/mol. The molecule has 10 heteroatoms. The Morgan fingerprint density at radius 3 is 2.22 bits per heavy atom. The first-order chi connectivity index (χ1) is 15.5. The van der Waals surface area contributed by atoms with Crippen molar-refractivity contribution in [2.75, 3.05) is 27.9 Å². The van der Waals surface area contributed by atoms with Gasteiger partial charge in [-0.05, 0) is 43.3 Å². The third-order valence-electron chi connectivity index (χ3n) is 4.36. The van der Waals surface area contributed by atoms with Gasteiger partial charge in [0.15, 0.2) is 11.5 Å². The van der Waals surface area contributed by atoms with Crippen molar-refractivity contribution in [2.45, 2.75) is 13.5 Å². The van der Waals surface area contributed by atoms with Gasteiger partial charge in [-0.3, -0.25) is 4.99 Å². The Kier molecular flexibility index (Phi) is 7.82. The Bertz CT molecular complexity index is 1120. The molecule has 0 radical (unpaired) electrons. The van der Waals surface area contributed by atoms with Crippen molar-refractivity contribution in [1.29, 1.82) is 0 Å². The van der Waals surface area contributed by atoms with Gasteiger partial charge >= 0.3 is 6.61 Å². The minimum atomic E-state index is -2.87. The number of aromatic nitrogens is 1. The molecule has 0 amide bonds. The number of thiazole rings is 1. The number of methoxy groups -OCH3 is 3. The molecule has 0 unspecified atom stereocenters. The molecule has 0 aliphatic rings. The van der Waals surface area contributed by atoms with Crippen LogP contribution < -0.4 is 23.7 Å². The van der Waals surface area contributed by atoms with Crippen LogP contribution in [0.5, 0.6) is 23.0 Å². The maximum Gasteiger partial charge on any atom is 0.387 e. The second-order valence-corrected chi connectivity index (χ2v) is 7.13. The zero-order valence-electron chi connectivity index (χ0n) is 18.0. The van der Waals surface area contributed by atoms with Crippen molar-refractivity contribution in [3.8, 4) is 34.3 Å². The summed E-state index contributed by atoms with van der Waals surface area (Å²) in [6.45, 7) is -0.353. The molecule has 0 N–H and O–H groups in total. The van der Waals surface area contributed by atoms with Gasteiger partial charge in [-0.2, -0.15) is 13.9 Å². The molecule has 0 saturated heterocycles. The monoisotopic (exact) mass is 463 g/mol. The van der Waals surface area contributed by atoms with Gasteiger partial charge < -0.3 is 18.9 Å². The van der Waals surface area contributed by atoms with E-state index >= 15 is 0 Å². The van der Waals surface area contributed by atoms with Gasteiger partial charge in [-0.15, -0.1) is 11.3 Å². The van der Waals surface area contributed by atoms with Gasteiger partial charge in [0.25, 0.3) is 0 Å². The summed E-state index contributed by atoms with van der Waals surface area (Å²) in [5.41, 5.74) is 2.27. The molecule has 2 aromatic carbocycles. The maximum absolute atomic E-state index is 12.4. The Hall–Kier alpha value is -3.40. The fraction of sp³-hybridized carbons (Fsp3) is 0.273. The first kappa shape index (κ1) is 23.3. The number of ether oxygens (including phenoxy) is 4. The van der Waals surface area contributed by atoms with Gasteiger partial charge in [0.2, 0.25) is 10.6 Å². The highest BCUT2D eigenvalue weighted by Gasteiger charge is 2.13. The Labute approximate surface area is 188 Å². The summed E-state index contributed by atoms with van der Waals surface area (Å²) in [5, 5.41) is 6.52. The lowest BCUT2D eigenvalue weighted by Crippen LogP contribution is -2.12. The zero-order valence-corrected chi connectivity index (χ0v) is 18.9. The average Bonchev–Trinajstić information content (AvgIpc) is 3.19. The largest absolute Gasteiger partial charge is 0.493 e. The topological polar surface area (TPSA) is 66.6 Å². The first-order valence-electron chi connectivity index (χ1n) is 9.61. The van der Waals surface area contributed by atoms with Gasteiger partial charge in [0, 0.05) is 23.1 Å². The molecule has 0 saturated carbocycles. The van der Waals surface area contributed by atoms with Crippen LogP contribution in [0.25, 0.3) is 11.3 Å². The molecular weight excluding hydrogens is 440 g/mol. The number of benzene rings is 2. The van der Waals surface area contributed by atoms with Gasteiger partial charge in [0.05, 0.1) is 33.2 Å². The molecule has 170 valence electrons. The van der Waals surface area contributed by atoms with E-state index in [4.69, 9.17) is 14.2 Å². The normalized spacial score (nSPS) is 11.9. The summed E-state index contributed by atoms with van der Waals surface area (Å²) in [5.74, 6) is 1.60. The van der Waals surface area contributed by atoms with E-state index in [9.17, 15) is 8.78 Å². The van der Waals surface area contributed by atoms with E-state index in [2.05, 4.69) is 14.8 Å². The van der Waals surface area contributed by atoms with E-state index in [0.717, 1.165) is 16.8 Å². The van der Waals surface area contributed by atoms with Crippen LogP contribution in [-0.2, 0) is 0 Å².